The van der Waals surface area contributed by atoms with Crippen molar-refractivity contribution in [2.24, 2.45) is 5.92 Å². The number of nitrogens with one attached hydrogen (secondary N) is 1. The molecule has 25 heavy (non-hydrogen) atoms. The van der Waals surface area contributed by atoms with Crippen molar-refractivity contribution in [2.75, 3.05) is 18.8 Å². The quantitative estimate of drug-likeness (QED) is 0.822. The molecule has 0 spiro atoms. The van der Waals surface area contributed by atoms with Crippen LogP contribution in [-0.2, 0) is 18.7 Å². The van der Waals surface area contributed by atoms with Crippen molar-refractivity contribution in [3.8, 4) is 11.3 Å². The van der Waals surface area contributed by atoms with Crippen LogP contribution in [0.5, 0.6) is 0 Å². The van der Waals surface area contributed by atoms with Crippen LogP contribution < -0.4 is 5.32 Å². The van der Waals surface area contributed by atoms with Gasteiger partial charge in [0.15, 0.2) is 0 Å². The van der Waals surface area contributed by atoms with Gasteiger partial charge >= 0.3 is 0 Å². The van der Waals surface area contributed by atoms with Crippen molar-refractivity contribution < 1.29 is 4.39 Å². The average Bonchev–Trinajstić information content (AvgIpc) is 3.02. The molecule has 4 heteroatoms. The standard InChI is InChI=1S/C21H27FN2S/c22-19-7-5-17(6-8-19)21-13-18-15-25-12-9-20(18)24(21)11-2-4-16-3-1-10-23-14-16/h5-8,13,16,23H,1-4,9-12,14-15H2. The largest absolute Gasteiger partial charge is 0.344 e. The third-order valence-corrected chi connectivity index (χ3v) is 6.58. The van der Waals surface area contributed by atoms with Crippen LogP contribution >= 0.6 is 11.8 Å². The second-order valence-electron chi connectivity index (χ2n) is 7.32. The third kappa shape index (κ3) is 3.95. The fourth-order valence-electron chi connectivity index (χ4n) is 4.24. The van der Waals surface area contributed by atoms with E-state index in [1.54, 1.807) is 12.1 Å². The number of rotatable bonds is 5. The molecule has 2 aromatic rings. The Hall–Kier alpha value is -1.26. The molecule has 1 N–H and O–H groups in total. The summed E-state index contributed by atoms with van der Waals surface area (Å²) < 4.78 is 15.8. The Morgan fingerprint density at radius 2 is 2.12 bits per heavy atom. The van der Waals surface area contributed by atoms with Crippen molar-refractivity contribution in [3.05, 3.63) is 47.4 Å². The molecule has 134 valence electrons. The maximum atomic E-state index is 13.3. The first-order chi connectivity index (χ1) is 12.3. The first kappa shape index (κ1) is 17.2. The summed E-state index contributed by atoms with van der Waals surface area (Å²) in [4.78, 5) is 0. The summed E-state index contributed by atoms with van der Waals surface area (Å²) >= 11 is 2.02. The van der Waals surface area contributed by atoms with Gasteiger partial charge in [0.2, 0.25) is 0 Å². The van der Waals surface area contributed by atoms with Crippen molar-refractivity contribution in [2.45, 2.75) is 44.4 Å². The highest BCUT2D eigenvalue weighted by Crippen LogP contribution is 2.33. The molecule has 0 amide bonds. The molecule has 1 atom stereocenters. The summed E-state index contributed by atoms with van der Waals surface area (Å²) in [6.07, 6.45) is 6.39. The minimum Gasteiger partial charge on any atom is -0.344 e. The Morgan fingerprint density at radius 3 is 2.92 bits per heavy atom. The molecule has 1 fully saturated rings. The van der Waals surface area contributed by atoms with Crippen molar-refractivity contribution in [3.63, 3.8) is 0 Å². The summed E-state index contributed by atoms with van der Waals surface area (Å²) in [7, 11) is 0. The summed E-state index contributed by atoms with van der Waals surface area (Å²) in [5, 5.41) is 3.53. The number of halogens is 1. The summed E-state index contributed by atoms with van der Waals surface area (Å²) in [6, 6.07) is 9.34. The van der Waals surface area contributed by atoms with E-state index in [1.165, 1.54) is 61.5 Å². The van der Waals surface area contributed by atoms with Gasteiger partial charge in [0, 0.05) is 23.7 Å². The number of benzene rings is 1. The maximum Gasteiger partial charge on any atom is 0.123 e. The van der Waals surface area contributed by atoms with E-state index in [-0.39, 0.29) is 5.82 Å². The minimum absolute atomic E-state index is 0.160. The molecule has 1 saturated heterocycles. The van der Waals surface area contributed by atoms with E-state index in [4.69, 9.17) is 0 Å². The highest BCUT2D eigenvalue weighted by atomic mass is 32.2. The topological polar surface area (TPSA) is 17.0 Å². The van der Waals surface area contributed by atoms with E-state index in [2.05, 4.69) is 16.0 Å². The van der Waals surface area contributed by atoms with Crippen LogP contribution in [0.1, 0.15) is 36.9 Å². The molecular formula is C21H27FN2S. The van der Waals surface area contributed by atoms with E-state index in [0.29, 0.717) is 0 Å². The molecular weight excluding hydrogens is 331 g/mol. The summed E-state index contributed by atoms with van der Waals surface area (Å²) in [5.41, 5.74) is 5.41. The SMILES string of the molecule is Fc1ccc(-c2cc3c(n2CCCC2CCCNC2)CCSC3)cc1. The molecule has 1 unspecified atom stereocenters. The van der Waals surface area contributed by atoms with Gasteiger partial charge in [0.05, 0.1) is 0 Å². The Balaban J connectivity index is 1.54. The summed E-state index contributed by atoms with van der Waals surface area (Å²) in [6.45, 7) is 3.46. The number of hydrogen-bond acceptors (Lipinski definition) is 2. The molecule has 2 aliphatic rings. The van der Waals surface area contributed by atoms with Gasteiger partial charge < -0.3 is 9.88 Å². The van der Waals surface area contributed by atoms with Crippen LogP contribution in [-0.4, -0.2) is 23.4 Å². The Kier molecular flexibility index (Phi) is 5.47. The molecule has 0 radical (unpaired) electrons. The zero-order valence-corrected chi connectivity index (χ0v) is 15.6. The molecule has 2 aliphatic heterocycles. The first-order valence-corrected chi connectivity index (χ1v) is 10.7. The van der Waals surface area contributed by atoms with Crippen LogP contribution in [0.15, 0.2) is 30.3 Å². The molecule has 0 saturated carbocycles. The molecule has 1 aromatic heterocycles. The average molecular weight is 359 g/mol. The van der Waals surface area contributed by atoms with E-state index >= 15 is 0 Å². The van der Waals surface area contributed by atoms with Crippen LogP contribution in [0.3, 0.4) is 0 Å². The fourth-order valence-corrected chi connectivity index (χ4v) is 5.19. The smallest absolute Gasteiger partial charge is 0.123 e. The van der Waals surface area contributed by atoms with Crippen molar-refractivity contribution in [1.29, 1.82) is 0 Å². The van der Waals surface area contributed by atoms with Gasteiger partial charge in [0.1, 0.15) is 5.82 Å². The highest BCUT2D eigenvalue weighted by molar-refractivity contribution is 7.98. The predicted molar refractivity (Wildman–Crippen MR) is 105 cm³/mol. The van der Waals surface area contributed by atoms with Gasteiger partial charge in [-0.25, -0.2) is 4.39 Å². The minimum atomic E-state index is -0.160. The number of piperidine rings is 1. The second kappa shape index (κ2) is 7.96. The zero-order valence-electron chi connectivity index (χ0n) is 14.8. The van der Waals surface area contributed by atoms with Crippen LogP contribution in [0.4, 0.5) is 4.39 Å². The molecule has 3 heterocycles. The zero-order chi connectivity index (χ0) is 17.1. The third-order valence-electron chi connectivity index (χ3n) is 5.57. The monoisotopic (exact) mass is 358 g/mol. The highest BCUT2D eigenvalue weighted by Gasteiger charge is 2.20. The lowest BCUT2D eigenvalue weighted by Crippen LogP contribution is -2.29. The van der Waals surface area contributed by atoms with Crippen LogP contribution in [0.2, 0.25) is 0 Å². The van der Waals surface area contributed by atoms with Gasteiger partial charge in [0.25, 0.3) is 0 Å². The number of hydrogen-bond donors (Lipinski definition) is 1. The van der Waals surface area contributed by atoms with E-state index in [0.717, 1.165) is 30.2 Å². The number of fused-ring (bicyclic) bond motifs is 1. The lowest BCUT2D eigenvalue weighted by molar-refractivity contribution is 0.343. The van der Waals surface area contributed by atoms with Crippen molar-refractivity contribution in [1.82, 2.24) is 9.88 Å². The van der Waals surface area contributed by atoms with Crippen LogP contribution in [0, 0.1) is 11.7 Å². The molecule has 2 nitrogen and oxygen atoms in total. The fraction of sp³-hybridized carbons (Fsp3) is 0.524. The lowest BCUT2D eigenvalue weighted by atomic mass is 9.95. The van der Waals surface area contributed by atoms with Crippen LogP contribution in [0.25, 0.3) is 11.3 Å². The maximum absolute atomic E-state index is 13.3. The van der Waals surface area contributed by atoms with E-state index in [1.807, 2.05) is 23.9 Å². The van der Waals surface area contributed by atoms with Gasteiger partial charge in [-0.15, -0.1) is 0 Å². The predicted octanol–water partition coefficient (Wildman–Crippen LogP) is 4.86. The van der Waals surface area contributed by atoms with Gasteiger partial charge in [-0.1, -0.05) is 0 Å². The molecule has 4 rings (SSSR count). The second-order valence-corrected chi connectivity index (χ2v) is 8.42. The first-order valence-electron chi connectivity index (χ1n) is 9.57. The number of aromatic nitrogens is 1. The van der Waals surface area contributed by atoms with Gasteiger partial charge in [-0.05, 0) is 98.3 Å². The normalized spacial score (nSPS) is 20.4. The lowest BCUT2D eigenvalue weighted by Gasteiger charge is -2.23. The molecule has 0 bridgehead atoms. The molecule has 1 aromatic carbocycles. The van der Waals surface area contributed by atoms with E-state index < -0.39 is 0 Å². The summed E-state index contributed by atoms with van der Waals surface area (Å²) in [5.74, 6) is 3.01. The Morgan fingerprint density at radius 1 is 1.24 bits per heavy atom. The Bertz CT molecular complexity index is 701. The van der Waals surface area contributed by atoms with Crippen molar-refractivity contribution >= 4 is 11.8 Å². The van der Waals surface area contributed by atoms with E-state index in [9.17, 15) is 4.39 Å². The molecule has 0 aliphatic carbocycles. The number of thioether (sulfide) groups is 1. The number of nitrogens with zero attached hydrogens (tertiary/aromatic N) is 1. The Labute approximate surface area is 154 Å². The van der Waals surface area contributed by atoms with Gasteiger partial charge in [-0.2, -0.15) is 11.8 Å². The van der Waals surface area contributed by atoms with Gasteiger partial charge in [-0.3, -0.25) is 0 Å².